The Hall–Kier alpha value is -1.87. The molecule has 0 spiro atoms. The van der Waals surface area contributed by atoms with Crippen molar-refractivity contribution in [2.24, 2.45) is 0 Å². The first-order chi connectivity index (χ1) is 9.13. The van der Waals surface area contributed by atoms with Crippen LogP contribution >= 0.6 is 11.3 Å². The van der Waals surface area contributed by atoms with Gasteiger partial charge in [-0.3, -0.25) is 0 Å². The maximum atomic E-state index is 5.80. The molecule has 3 rings (SSSR count). The molecule has 0 aliphatic carbocycles. The number of anilines is 1. The number of rotatable bonds is 2. The quantitative estimate of drug-likeness (QED) is 0.686. The fraction of sp³-hybridized carbons (Fsp3) is 0.188. The van der Waals surface area contributed by atoms with E-state index in [0.717, 1.165) is 20.9 Å². The highest BCUT2D eigenvalue weighted by atomic mass is 32.1. The van der Waals surface area contributed by atoms with Gasteiger partial charge >= 0.3 is 0 Å². The topological polar surface area (TPSA) is 38.9 Å². The normalized spacial score (nSPS) is 11.3. The predicted octanol–water partition coefficient (Wildman–Crippen LogP) is 4.67. The summed E-state index contributed by atoms with van der Waals surface area (Å²) in [6, 6.07) is 14.5. The third-order valence-corrected chi connectivity index (χ3v) is 4.30. The van der Waals surface area contributed by atoms with Crippen molar-refractivity contribution < 1.29 is 0 Å². The predicted molar refractivity (Wildman–Crippen MR) is 83.6 cm³/mol. The van der Waals surface area contributed by atoms with E-state index in [2.05, 4.69) is 43.1 Å². The minimum absolute atomic E-state index is 0.559. The van der Waals surface area contributed by atoms with Gasteiger partial charge in [0.1, 0.15) is 5.01 Å². The molecule has 0 atom stereocenters. The number of hydrogen-bond acceptors (Lipinski definition) is 3. The minimum Gasteiger partial charge on any atom is -0.399 e. The van der Waals surface area contributed by atoms with Crippen molar-refractivity contribution in [2.45, 2.75) is 19.8 Å². The molecule has 1 aromatic heterocycles. The van der Waals surface area contributed by atoms with E-state index in [0.29, 0.717) is 5.92 Å². The molecule has 0 saturated heterocycles. The number of fused-ring (bicyclic) bond motifs is 1. The van der Waals surface area contributed by atoms with Crippen molar-refractivity contribution in [3.05, 3.63) is 48.0 Å². The second kappa shape index (κ2) is 4.67. The molecule has 3 aromatic rings. The lowest BCUT2D eigenvalue weighted by Crippen LogP contribution is -1.86. The molecule has 0 amide bonds. The van der Waals surface area contributed by atoms with E-state index < -0.39 is 0 Å². The van der Waals surface area contributed by atoms with Crippen LogP contribution in [0.1, 0.15) is 25.3 Å². The van der Waals surface area contributed by atoms with Crippen LogP contribution in [-0.4, -0.2) is 4.98 Å². The average Bonchev–Trinajstić information content (AvgIpc) is 2.81. The molecule has 3 heteroatoms. The lowest BCUT2D eigenvalue weighted by molar-refractivity contribution is 0.867. The van der Waals surface area contributed by atoms with Crippen molar-refractivity contribution in [1.82, 2.24) is 4.98 Å². The zero-order valence-electron chi connectivity index (χ0n) is 11.1. The average molecular weight is 268 g/mol. The van der Waals surface area contributed by atoms with Gasteiger partial charge in [0.2, 0.25) is 0 Å². The highest BCUT2D eigenvalue weighted by molar-refractivity contribution is 7.21. The summed E-state index contributed by atoms with van der Waals surface area (Å²) >= 11 is 1.69. The second-order valence-corrected chi connectivity index (χ2v) is 6.05. The van der Waals surface area contributed by atoms with Gasteiger partial charge in [-0.05, 0) is 29.7 Å². The SMILES string of the molecule is CC(C)c1ccc(-c2nc3ccc(N)cc3s2)cc1. The maximum Gasteiger partial charge on any atom is 0.124 e. The molecule has 2 N–H and O–H groups in total. The first kappa shape index (κ1) is 12.2. The molecule has 0 saturated carbocycles. The van der Waals surface area contributed by atoms with Crippen molar-refractivity contribution >= 4 is 27.2 Å². The molecule has 96 valence electrons. The summed E-state index contributed by atoms with van der Waals surface area (Å²) in [7, 11) is 0. The van der Waals surface area contributed by atoms with Crippen molar-refractivity contribution in [1.29, 1.82) is 0 Å². The van der Waals surface area contributed by atoms with E-state index in [4.69, 9.17) is 5.73 Å². The van der Waals surface area contributed by atoms with Crippen molar-refractivity contribution in [3.8, 4) is 10.6 Å². The Kier molecular flexibility index (Phi) is 2.99. The number of nitrogens with two attached hydrogens (primary N) is 1. The lowest BCUT2D eigenvalue weighted by atomic mass is 10.0. The van der Waals surface area contributed by atoms with Crippen LogP contribution in [0.2, 0.25) is 0 Å². The van der Waals surface area contributed by atoms with E-state index in [1.807, 2.05) is 18.2 Å². The molecule has 1 heterocycles. The Balaban J connectivity index is 2.03. The summed E-state index contributed by atoms with van der Waals surface area (Å²) in [5.41, 5.74) is 10.1. The summed E-state index contributed by atoms with van der Waals surface area (Å²) < 4.78 is 1.14. The summed E-state index contributed by atoms with van der Waals surface area (Å²) in [5.74, 6) is 0.559. The molecule has 0 unspecified atom stereocenters. The van der Waals surface area contributed by atoms with Gasteiger partial charge in [-0.1, -0.05) is 38.1 Å². The fourth-order valence-corrected chi connectivity index (χ4v) is 3.09. The van der Waals surface area contributed by atoms with Gasteiger partial charge in [-0.2, -0.15) is 0 Å². The molecular weight excluding hydrogens is 252 g/mol. The van der Waals surface area contributed by atoms with Crippen LogP contribution in [0.5, 0.6) is 0 Å². The number of benzene rings is 2. The molecule has 0 aliphatic rings. The van der Waals surface area contributed by atoms with E-state index in [-0.39, 0.29) is 0 Å². The molecule has 0 aliphatic heterocycles. The minimum atomic E-state index is 0.559. The summed E-state index contributed by atoms with van der Waals surface area (Å²) in [4.78, 5) is 4.66. The van der Waals surface area contributed by atoms with Crippen LogP contribution < -0.4 is 5.73 Å². The van der Waals surface area contributed by atoms with Crippen LogP contribution in [0.25, 0.3) is 20.8 Å². The second-order valence-electron chi connectivity index (χ2n) is 5.02. The first-order valence-corrected chi connectivity index (χ1v) is 7.21. The smallest absolute Gasteiger partial charge is 0.124 e. The van der Waals surface area contributed by atoms with E-state index in [1.165, 1.54) is 11.1 Å². The van der Waals surface area contributed by atoms with Crippen LogP contribution in [0.4, 0.5) is 5.69 Å². The Labute approximate surface area is 116 Å². The monoisotopic (exact) mass is 268 g/mol. The highest BCUT2D eigenvalue weighted by Gasteiger charge is 2.07. The zero-order valence-corrected chi connectivity index (χ0v) is 11.9. The lowest BCUT2D eigenvalue weighted by Gasteiger charge is -2.05. The van der Waals surface area contributed by atoms with E-state index >= 15 is 0 Å². The Morgan fingerprint density at radius 3 is 2.47 bits per heavy atom. The van der Waals surface area contributed by atoms with Crippen LogP contribution in [0.15, 0.2) is 42.5 Å². The molecule has 2 nitrogen and oxygen atoms in total. The first-order valence-electron chi connectivity index (χ1n) is 6.40. The molecule has 2 aromatic carbocycles. The molecule has 0 fully saturated rings. The van der Waals surface area contributed by atoms with Gasteiger partial charge in [-0.15, -0.1) is 11.3 Å². The van der Waals surface area contributed by atoms with Gasteiger partial charge in [0.15, 0.2) is 0 Å². The van der Waals surface area contributed by atoms with Crippen molar-refractivity contribution in [3.63, 3.8) is 0 Å². The van der Waals surface area contributed by atoms with Crippen LogP contribution in [-0.2, 0) is 0 Å². The third-order valence-electron chi connectivity index (χ3n) is 3.24. The number of nitrogens with zero attached hydrogens (tertiary/aromatic N) is 1. The number of aromatic nitrogens is 1. The van der Waals surface area contributed by atoms with Gasteiger partial charge in [-0.25, -0.2) is 4.98 Å². The highest BCUT2D eigenvalue weighted by Crippen LogP contribution is 2.31. The van der Waals surface area contributed by atoms with Gasteiger partial charge in [0.25, 0.3) is 0 Å². The van der Waals surface area contributed by atoms with Crippen LogP contribution in [0, 0.1) is 0 Å². The summed E-state index contributed by atoms with van der Waals surface area (Å²) in [5, 5.41) is 1.05. The maximum absolute atomic E-state index is 5.80. The molecule has 19 heavy (non-hydrogen) atoms. The summed E-state index contributed by atoms with van der Waals surface area (Å²) in [6.45, 7) is 4.41. The number of hydrogen-bond donors (Lipinski definition) is 1. The fourth-order valence-electron chi connectivity index (χ4n) is 2.08. The van der Waals surface area contributed by atoms with Gasteiger partial charge in [0, 0.05) is 11.3 Å². The number of nitrogen functional groups attached to an aromatic ring is 1. The molecular formula is C16H16N2S. The van der Waals surface area contributed by atoms with Gasteiger partial charge in [0.05, 0.1) is 10.2 Å². The molecule has 0 bridgehead atoms. The van der Waals surface area contributed by atoms with Gasteiger partial charge < -0.3 is 5.73 Å². The van der Waals surface area contributed by atoms with E-state index in [1.54, 1.807) is 11.3 Å². The Morgan fingerprint density at radius 1 is 1.05 bits per heavy atom. The van der Waals surface area contributed by atoms with E-state index in [9.17, 15) is 0 Å². The number of thiazole rings is 1. The Morgan fingerprint density at radius 2 is 1.79 bits per heavy atom. The molecule has 0 radical (unpaired) electrons. The Bertz CT molecular complexity index is 711. The third kappa shape index (κ3) is 2.34. The zero-order chi connectivity index (χ0) is 13.4. The van der Waals surface area contributed by atoms with Crippen molar-refractivity contribution in [2.75, 3.05) is 5.73 Å². The van der Waals surface area contributed by atoms with Crippen LogP contribution in [0.3, 0.4) is 0 Å². The standard InChI is InChI=1S/C16H16N2S/c1-10(2)11-3-5-12(6-4-11)16-18-14-8-7-13(17)9-15(14)19-16/h3-10H,17H2,1-2H3. The summed E-state index contributed by atoms with van der Waals surface area (Å²) in [6.07, 6.45) is 0. The largest absolute Gasteiger partial charge is 0.399 e.